The highest BCUT2D eigenvalue weighted by atomic mass is 16.5. The lowest BCUT2D eigenvalue weighted by molar-refractivity contribution is 0.0598. The number of nitrogens with zero attached hydrogens (tertiary/aromatic N) is 6. The van der Waals surface area contributed by atoms with Crippen LogP contribution in [0.25, 0.3) is 5.65 Å². The highest BCUT2D eigenvalue weighted by Crippen LogP contribution is 2.32. The predicted molar refractivity (Wildman–Crippen MR) is 154 cm³/mol. The molecule has 1 aliphatic rings. The number of aromatic nitrogens is 5. The average molecular weight is 551 g/mol. The number of fused-ring (bicyclic) bond motifs is 1. The molecule has 0 aliphatic carbocycles. The minimum absolute atomic E-state index is 0.121. The first-order valence-electron chi connectivity index (χ1n) is 14.1. The lowest BCUT2D eigenvalue weighted by Crippen LogP contribution is -2.39. The minimum atomic E-state index is -0.286. The number of ether oxygens (including phenoxy) is 1. The summed E-state index contributed by atoms with van der Waals surface area (Å²) in [5.74, 6) is 1.49. The molecule has 5 aromatic rings. The molecule has 0 bridgehead atoms. The third kappa shape index (κ3) is 5.44. The van der Waals surface area contributed by atoms with Gasteiger partial charge >= 0.3 is 0 Å². The molecule has 3 aromatic heterocycles. The second-order valence-electron chi connectivity index (χ2n) is 10.9. The fourth-order valence-electron chi connectivity index (χ4n) is 5.47. The number of carbonyl (C=O) groups is 1. The van der Waals surface area contributed by atoms with Crippen molar-refractivity contribution in [3.8, 4) is 5.75 Å². The number of carbonyl (C=O) groups excluding carboxylic acids is 1. The van der Waals surface area contributed by atoms with E-state index in [2.05, 4.69) is 46.4 Å². The lowest BCUT2D eigenvalue weighted by atomic mass is 10.00. The molecule has 41 heavy (non-hydrogen) atoms. The highest BCUT2D eigenvalue weighted by molar-refractivity contribution is 6.00. The van der Waals surface area contributed by atoms with E-state index in [4.69, 9.17) is 14.2 Å². The molecular weight excluding hydrogens is 516 g/mol. The van der Waals surface area contributed by atoms with Gasteiger partial charge in [0.1, 0.15) is 11.3 Å². The quantitative estimate of drug-likeness (QED) is 0.249. The maximum absolute atomic E-state index is 14.0. The number of hydrogen-bond acceptors (Lipinski definition) is 7. The van der Waals surface area contributed by atoms with E-state index in [-0.39, 0.29) is 18.6 Å². The molecule has 1 fully saturated rings. The number of likely N-dealkylation sites (tertiary alicyclic amines) is 1. The van der Waals surface area contributed by atoms with E-state index in [1.165, 1.54) is 11.1 Å². The van der Waals surface area contributed by atoms with Gasteiger partial charge in [0.15, 0.2) is 18.1 Å². The number of piperidine rings is 1. The summed E-state index contributed by atoms with van der Waals surface area (Å²) < 4.78 is 13.1. The first-order chi connectivity index (χ1) is 19.9. The van der Waals surface area contributed by atoms with E-state index in [1.807, 2.05) is 49.9 Å². The van der Waals surface area contributed by atoms with Crippen LogP contribution < -0.4 is 4.74 Å². The van der Waals surface area contributed by atoms with E-state index < -0.39 is 0 Å². The monoisotopic (exact) mass is 550 g/mol. The van der Waals surface area contributed by atoms with E-state index in [1.54, 1.807) is 10.7 Å². The Balaban J connectivity index is 1.23. The van der Waals surface area contributed by atoms with Gasteiger partial charge in [0.25, 0.3) is 11.8 Å². The van der Waals surface area contributed by atoms with Gasteiger partial charge in [-0.25, -0.2) is 9.50 Å². The summed E-state index contributed by atoms with van der Waals surface area (Å²) >= 11 is 0. The molecular formula is C32H34N6O3. The van der Waals surface area contributed by atoms with Crippen LogP contribution >= 0.6 is 0 Å². The SMILES string of the molecule is Cc1ccc(Cc2c(C)nc3c(C(=O)N4CCCCC4c4noc(COc5ccc(C)cc5)n4)cnn3c2C)cc1. The van der Waals surface area contributed by atoms with Crippen molar-refractivity contribution in [3.05, 3.63) is 106 Å². The Hall–Kier alpha value is -4.53. The topological polar surface area (TPSA) is 98.7 Å². The first kappa shape index (κ1) is 26.7. The highest BCUT2D eigenvalue weighted by Gasteiger charge is 2.34. The lowest BCUT2D eigenvalue weighted by Gasteiger charge is -2.33. The van der Waals surface area contributed by atoms with E-state index in [9.17, 15) is 4.79 Å². The maximum Gasteiger partial charge on any atom is 0.264 e. The van der Waals surface area contributed by atoms with Crippen molar-refractivity contribution in [2.45, 2.75) is 66.0 Å². The molecule has 0 radical (unpaired) electrons. The molecule has 1 unspecified atom stereocenters. The van der Waals surface area contributed by atoms with Gasteiger partial charge in [-0.15, -0.1) is 0 Å². The van der Waals surface area contributed by atoms with Crippen LogP contribution in [0.4, 0.5) is 0 Å². The van der Waals surface area contributed by atoms with Crippen molar-refractivity contribution in [1.82, 2.24) is 29.6 Å². The summed E-state index contributed by atoms with van der Waals surface area (Å²) in [6.07, 6.45) is 5.04. The van der Waals surface area contributed by atoms with Crippen LogP contribution in [0.2, 0.25) is 0 Å². The third-order valence-electron chi connectivity index (χ3n) is 7.87. The second-order valence-corrected chi connectivity index (χ2v) is 10.9. The summed E-state index contributed by atoms with van der Waals surface area (Å²) in [6.45, 7) is 8.92. The van der Waals surface area contributed by atoms with Crippen LogP contribution in [0, 0.1) is 27.7 Å². The summed E-state index contributed by atoms with van der Waals surface area (Å²) in [6, 6.07) is 16.0. The molecule has 1 atom stereocenters. The Morgan fingerprint density at radius 3 is 2.46 bits per heavy atom. The number of aryl methyl sites for hydroxylation is 4. The van der Waals surface area contributed by atoms with Gasteiger partial charge in [0, 0.05) is 24.4 Å². The van der Waals surface area contributed by atoms with Crippen LogP contribution in [0.5, 0.6) is 5.75 Å². The smallest absolute Gasteiger partial charge is 0.264 e. The number of amides is 1. The standard InChI is InChI=1S/C32H34N6O3/c1-20-8-12-24(13-9-20)17-26-22(3)34-31-27(18-33-38(31)23(26)4)32(39)37-16-6-5-7-28(37)30-35-29(41-36-30)19-40-25-14-10-21(2)11-15-25/h8-15,18,28H,5-7,16-17,19H2,1-4H3. The van der Waals surface area contributed by atoms with Crippen molar-refractivity contribution in [1.29, 1.82) is 0 Å². The number of rotatable bonds is 7. The molecule has 1 aliphatic heterocycles. The molecule has 210 valence electrons. The largest absolute Gasteiger partial charge is 0.484 e. The van der Waals surface area contributed by atoms with E-state index >= 15 is 0 Å². The maximum atomic E-state index is 14.0. The zero-order valence-electron chi connectivity index (χ0n) is 23.9. The summed E-state index contributed by atoms with van der Waals surface area (Å²) in [5, 5.41) is 8.82. The van der Waals surface area contributed by atoms with Crippen LogP contribution in [0.3, 0.4) is 0 Å². The summed E-state index contributed by atoms with van der Waals surface area (Å²) in [5.41, 5.74) is 7.66. The van der Waals surface area contributed by atoms with Gasteiger partial charge in [-0.2, -0.15) is 10.1 Å². The van der Waals surface area contributed by atoms with Gasteiger partial charge in [-0.3, -0.25) is 4.79 Å². The molecule has 4 heterocycles. The average Bonchev–Trinajstić information content (AvgIpc) is 3.63. The van der Waals surface area contributed by atoms with Crippen molar-refractivity contribution < 1.29 is 14.1 Å². The normalized spacial score (nSPS) is 15.4. The molecule has 9 nitrogen and oxygen atoms in total. The Morgan fingerprint density at radius 2 is 1.71 bits per heavy atom. The van der Waals surface area contributed by atoms with Crippen molar-refractivity contribution in [3.63, 3.8) is 0 Å². The summed E-state index contributed by atoms with van der Waals surface area (Å²) in [7, 11) is 0. The van der Waals surface area contributed by atoms with Gasteiger partial charge in [0.05, 0.1) is 12.2 Å². The Kier molecular flexibility index (Phi) is 7.26. The van der Waals surface area contributed by atoms with Gasteiger partial charge in [0.2, 0.25) is 0 Å². The summed E-state index contributed by atoms with van der Waals surface area (Å²) in [4.78, 5) is 25.3. The molecule has 9 heteroatoms. The molecule has 0 N–H and O–H groups in total. The predicted octanol–water partition coefficient (Wildman–Crippen LogP) is 5.88. The minimum Gasteiger partial charge on any atom is -0.484 e. The Morgan fingerprint density at radius 1 is 0.976 bits per heavy atom. The van der Waals surface area contributed by atoms with Gasteiger partial charge in [-0.1, -0.05) is 52.7 Å². The van der Waals surface area contributed by atoms with Crippen LogP contribution in [0.15, 0.2) is 59.3 Å². The molecule has 2 aromatic carbocycles. The van der Waals surface area contributed by atoms with E-state index in [0.717, 1.165) is 53.9 Å². The number of benzene rings is 2. The molecule has 0 saturated carbocycles. The zero-order chi connectivity index (χ0) is 28.5. The Bertz CT molecular complexity index is 1690. The third-order valence-corrected chi connectivity index (χ3v) is 7.87. The molecule has 0 spiro atoms. The van der Waals surface area contributed by atoms with Gasteiger partial charge in [-0.05, 0) is 70.2 Å². The van der Waals surface area contributed by atoms with Crippen LogP contribution in [0.1, 0.15) is 81.0 Å². The zero-order valence-corrected chi connectivity index (χ0v) is 23.9. The van der Waals surface area contributed by atoms with Crippen LogP contribution in [-0.4, -0.2) is 42.1 Å². The van der Waals surface area contributed by atoms with Crippen molar-refractivity contribution >= 4 is 11.6 Å². The van der Waals surface area contributed by atoms with Crippen molar-refractivity contribution in [2.24, 2.45) is 0 Å². The fourth-order valence-corrected chi connectivity index (χ4v) is 5.47. The van der Waals surface area contributed by atoms with Crippen molar-refractivity contribution in [2.75, 3.05) is 6.54 Å². The molecule has 1 amide bonds. The van der Waals surface area contributed by atoms with Crippen LogP contribution in [-0.2, 0) is 13.0 Å². The first-order valence-corrected chi connectivity index (χ1v) is 14.1. The second kappa shape index (κ2) is 11.2. The molecule has 1 saturated heterocycles. The fraction of sp³-hybridized carbons (Fsp3) is 0.344. The van der Waals surface area contributed by atoms with Gasteiger partial charge < -0.3 is 14.2 Å². The Labute approximate surface area is 239 Å². The number of hydrogen-bond donors (Lipinski definition) is 0. The van der Waals surface area contributed by atoms with E-state index in [0.29, 0.717) is 29.5 Å². The molecule has 6 rings (SSSR count).